The van der Waals surface area contributed by atoms with E-state index in [2.05, 4.69) is 16.0 Å². The van der Waals surface area contributed by atoms with E-state index < -0.39 is 29.7 Å². The molecule has 11 nitrogen and oxygen atoms in total. The molecule has 3 aliphatic rings. The van der Waals surface area contributed by atoms with Crippen molar-refractivity contribution in [2.24, 2.45) is 11.8 Å². The Morgan fingerprint density at radius 1 is 1.11 bits per heavy atom. The summed E-state index contributed by atoms with van der Waals surface area (Å²) >= 11 is 0. The minimum atomic E-state index is -0.883. The number of carbonyl (C=O) groups excluding carboxylic acids is 5. The molecule has 3 rings (SSSR count). The normalized spacial score (nSPS) is 26.8. The number of hydrogen-bond donors (Lipinski definition) is 3. The molecule has 0 spiro atoms. The summed E-state index contributed by atoms with van der Waals surface area (Å²) < 4.78 is 11.2. The van der Waals surface area contributed by atoms with Crippen molar-refractivity contribution >= 4 is 30.3 Å². The Morgan fingerprint density at radius 3 is 2.27 bits per heavy atom. The Morgan fingerprint density at radius 2 is 1.76 bits per heavy atom. The van der Waals surface area contributed by atoms with Crippen molar-refractivity contribution in [3.63, 3.8) is 0 Å². The molecule has 0 radical (unpaired) electrons. The third-order valence-electron chi connectivity index (χ3n) is 7.08. The quantitative estimate of drug-likeness (QED) is 0.394. The van der Waals surface area contributed by atoms with Crippen molar-refractivity contribution in [1.82, 2.24) is 20.9 Å². The predicted octanol–water partition coefficient (Wildman–Crippen LogP) is 2.27. The second-order valence-electron chi connectivity index (χ2n) is 11.9. The number of hydrogen-bond acceptors (Lipinski definition) is 7. The minimum absolute atomic E-state index is 0.0534. The summed E-state index contributed by atoms with van der Waals surface area (Å²) in [5, 5.41) is 8.07. The molecule has 2 unspecified atom stereocenters. The van der Waals surface area contributed by atoms with Crippen LogP contribution in [0, 0.1) is 11.8 Å². The highest BCUT2D eigenvalue weighted by Gasteiger charge is 2.46. The van der Waals surface area contributed by atoms with Gasteiger partial charge < -0.3 is 35.1 Å². The molecule has 0 aliphatic carbocycles. The molecule has 3 fully saturated rings. The van der Waals surface area contributed by atoms with Crippen LogP contribution < -0.4 is 16.0 Å². The molecule has 4 amide bonds. The highest BCUT2D eigenvalue weighted by molar-refractivity contribution is 5.88. The molecule has 3 saturated heterocycles. The van der Waals surface area contributed by atoms with E-state index in [-0.39, 0.29) is 48.4 Å². The number of piperidine rings is 1. The van der Waals surface area contributed by atoms with E-state index in [1.165, 1.54) is 0 Å². The zero-order chi connectivity index (χ0) is 27.3. The summed E-state index contributed by atoms with van der Waals surface area (Å²) in [5.41, 5.74) is -0.581. The Kier molecular flexibility index (Phi) is 9.41. The van der Waals surface area contributed by atoms with Gasteiger partial charge in [-0.1, -0.05) is 13.8 Å². The molecule has 3 N–H and O–H groups in total. The maximum Gasteiger partial charge on any atom is 0.410 e. The molecule has 208 valence electrons. The number of carbonyl (C=O) groups is 5. The van der Waals surface area contributed by atoms with Gasteiger partial charge in [-0.25, -0.2) is 9.59 Å². The van der Waals surface area contributed by atoms with Gasteiger partial charge in [0.2, 0.25) is 11.8 Å². The number of nitrogens with one attached hydrogen (secondary N) is 3. The maximum absolute atomic E-state index is 13.0. The molecule has 3 aliphatic heterocycles. The average Bonchev–Trinajstić information content (AvgIpc) is 3.30. The van der Waals surface area contributed by atoms with Crippen LogP contribution in [0.5, 0.6) is 0 Å². The first kappa shape index (κ1) is 28.7. The number of aldehydes is 1. The van der Waals surface area contributed by atoms with Gasteiger partial charge in [-0.15, -0.1) is 0 Å². The molecule has 5 atom stereocenters. The lowest BCUT2D eigenvalue weighted by atomic mass is 9.98. The van der Waals surface area contributed by atoms with Crippen molar-refractivity contribution in [3.8, 4) is 0 Å². The van der Waals surface area contributed by atoms with Crippen molar-refractivity contribution in [3.05, 3.63) is 0 Å². The van der Waals surface area contributed by atoms with E-state index in [1.807, 2.05) is 34.6 Å². The van der Waals surface area contributed by atoms with Gasteiger partial charge in [0.15, 0.2) is 0 Å². The molecule has 0 aromatic rings. The van der Waals surface area contributed by atoms with Crippen LogP contribution in [0.3, 0.4) is 0 Å². The number of rotatable bonds is 9. The number of alkyl carbamates (subject to hydrolysis) is 1. The monoisotopic (exact) mass is 522 g/mol. The van der Waals surface area contributed by atoms with Crippen molar-refractivity contribution < 1.29 is 33.4 Å². The molecule has 2 bridgehead atoms. The SMILES string of the molecule is CC(C)C[C@H](NC(=O)OC1CC2CCC(C1)N2C(=O)OC(C)(C)C)C(=O)N[C@H](C=O)C[C@H]1CCNC1=O. The van der Waals surface area contributed by atoms with Crippen LogP contribution in [0.15, 0.2) is 0 Å². The molecule has 3 heterocycles. The van der Waals surface area contributed by atoms with Crippen LogP contribution in [0.1, 0.15) is 79.6 Å². The van der Waals surface area contributed by atoms with E-state index in [0.29, 0.717) is 38.5 Å². The highest BCUT2D eigenvalue weighted by atomic mass is 16.6. The summed E-state index contributed by atoms with van der Waals surface area (Å²) in [6.07, 6.45) is 3.11. The fourth-order valence-electron chi connectivity index (χ4n) is 5.47. The Hall–Kier alpha value is -2.85. The van der Waals surface area contributed by atoms with Gasteiger partial charge >= 0.3 is 12.2 Å². The van der Waals surface area contributed by atoms with Gasteiger partial charge in [0.1, 0.15) is 24.0 Å². The van der Waals surface area contributed by atoms with Crippen LogP contribution in [0.25, 0.3) is 0 Å². The third-order valence-corrected chi connectivity index (χ3v) is 7.08. The average molecular weight is 523 g/mol. The summed E-state index contributed by atoms with van der Waals surface area (Å²) in [6, 6.07) is -1.81. The lowest BCUT2D eigenvalue weighted by Crippen LogP contribution is -2.53. The highest BCUT2D eigenvalue weighted by Crippen LogP contribution is 2.38. The van der Waals surface area contributed by atoms with E-state index in [0.717, 1.165) is 12.8 Å². The first-order valence-corrected chi connectivity index (χ1v) is 13.4. The standard InChI is InChI=1S/C26H42N4O7/c1-15(2)10-21(23(33)28-17(14-31)11-16-8-9-27-22(16)32)29-24(34)36-20-12-18-6-7-19(13-20)30(18)25(35)37-26(3,4)5/h14-21H,6-13H2,1-5H3,(H,27,32)(H,28,33)(H,29,34)/t16-,17+,18?,19?,20?,21+/m1/s1. The van der Waals surface area contributed by atoms with Gasteiger partial charge in [-0.3, -0.25) is 9.59 Å². The fraction of sp³-hybridized carbons (Fsp3) is 0.808. The topological polar surface area (TPSA) is 143 Å². The molecule has 0 aromatic heterocycles. The van der Waals surface area contributed by atoms with Gasteiger partial charge in [-0.2, -0.15) is 0 Å². The fourth-order valence-corrected chi connectivity index (χ4v) is 5.47. The molecule has 0 saturated carbocycles. The van der Waals surface area contributed by atoms with E-state index in [1.54, 1.807) is 4.90 Å². The number of nitrogens with zero attached hydrogens (tertiary/aromatic N) is 1. The Labute approximate surface area is 218 Å². The van der Waals surface area contributed by atoms with Gasteiger partial charge in [-0.05, 0) is 58.8 Å². The number of fused-ring (bicyclic) bond motifs is 2. The van der Waals surface area contributed by atoms with Crippen LogP contribution in [0.4, 0.5) is 9.59 Å². The molecule has 37 heavy (non-hydrogen) atoms. The lowest BCUT2D eigenvalue weighted by Gasteiger charge is -2.39. The number of amides is 4. The van der Waals surface area contributed by atoms with E-state index in [4.69, 9.17) is 9.47 Å². The van der Waals surface area contributed by atoms with Gasteiger partial charge in [0, 0.05) is 37.4 Å². The molecule has 11 heteroatoms. The molecular formula is C26H42N4O7. The molecular weight excluding hydrogens is 480 g/mol. The van der Waals surface area contributed by atoms with Crippen molar-refractivity contribution in [1.29, 1.82) is 0 Å². The van der Waals surface area contributed by atoms with Crippen LogP contribution in [0.2, 0.25) is 0 Å². The van der Waals surface area contributed by atoms with Gasteiger partial charge in [0.05, 0.1) is 6.04 Å². The summed E-state index contributed by atoms with van der Waals surface area (Å²) in [6.45, 7) is 9.91. The first-order chi connectivity index (χ1) is 17.4. The first-order valence-electron chi connectivity index (χ1n) is 13.4. The van der Waals surface area contributed by atoms with E-state index in [9.17, 15) is 24.0 Å². The Balaban J connectivity index is 1.54. The summed E-state index contributed by atoms with van der Waals surface area (Å²) in [7, 11) is 0. The maximum atomic E-state index is 13.0. The minimum Gasteiger partial charge on any atom is -0.446 e. The summed E-state index contributed by atoms with van der Waals surface area (Å²) in [5.74, 6) is -0.827. The zero-order valence-corrected chi connectivity index (χ0v) is 22.6. The predicted molar refractivity (Wildman–Crippen MR) is 134 cm³/mol. The smallest absolute Gasteiger partial charge is 0.410 e. The van der Waals surface area contributed by atoms with Crippen LogP contribution in [-0.4, -0.2) is 77.6 Å². The van der Waals surface area contributed by atoms with Crippen molar-refractivity contribution in [2.45, 2.75) is 115 Å². The third kappa shape index (κ3) is 8.07. The molecule has 0 aromatic carbocycles. The van der Waals surface area contributed by atoms with Gasteiger partial charge in [0.25, 0.3) is 0 Å². The number of ether oxygens (including phenoxy) is 2. The van der Waals surface area contributed by atoms with Crippen LogP contribution >= 0.6 is 0 Å². The van der Waals surface area contributed by atoms with Crippen LogP contribution in [-0.2, 0) is 23.9 Å². The lowest BCUT2D eigenvalue weighted by molar-refractivity contribution is -0.127. The second kappa shape index (κ2) is 12.1. The second-order valence-corrected chi connectivity index (χ2v) is 11.9. The summed E-state index contributed by atoms with van der Waals surface area (Å²) in [4.78, 5) is 63.6. The van der Waals surface area contributed by atoms with E-state index >= 15 is 0 Å². The largest absolute Gasteiger partial charge is 0.446 e. The van der Waals surface area contributed by atoms with Crippen molar-refractivity contribution in [2.75, 3.05) is 6.54 Å². The Bertz CT molecular complexity index is 857. The zero-order valence-electron chi connectivity index (χ0n) is 22.6.